The minimum atomic E-state index is -3.51. The minimum Gasteiger partial charge on any atom is -0.343 e. The van der Waals surface area contributed by atoms with Crippen LogP contribution in [-0.4, -0.2) is 50.5 Å². The Hall–Kier alpha value is -3.79. The topological polar surface area (TPSA) is 96.8 Å². The maximum atomic E-state index is 13.0. The van der Waals surface area contributed by atoms with Crippen molar-refractivity contribution in [3.63, 3.8) is 0 Å². The fourth-order valence-corrected chi connectivity index (χ4v) is 6.37. The summed E-state index contributed by atoms with van der Waals surface area (Å²) in [6.45, 7) is 1.52. The van der Waals surface area contributed by atoms with E-state index >= 15 is 0 Å². The smallest absolute Gasteiger partial charge is 0.243 e. The highest BCUT2D eigenvalue weighted by Gasteiger charge is 2.34. The van der Waals surface area contributed by atoms with Crippen LogP contribution >= 0.6 is 11.6 Å². The van der Waals surface area contributed by atoms with Gasteiger partial charge in [0.25, 0.3) is 0 Å². The third-order valence-corrected chi connectivity index (χ3v) is 8.91. The predicted octanol–water partition coefficient (Wildman–Crippen LogP) is 5.22. The van der Waals surface area contributed by atoms with Gasteiger partial charge in [-0.2, -0.15) is 9.40 Å². The molecule has 0 radical (unpaired) electrons. The summed E-state index contributed by atoms with van der Waals surface area (Å²) in [5.41, 5.74) is 4.63. The average molecular weight is 545 g/mol. The van der Waals surface area contributed by atoms with E-state index in [2.05, 4.69) is 15.1 Å². The van der Waals surface area contributed by atoms with Gasteiger partial charge in [-0.25, -0.2) is 13.4 Å². The quantitative estimate of drug-likeness (QED) is 0.303. The summed E-state index contributed by atoms with van der Waals surface area (Å²) < 4.78 is 29.4. The molecule has 1 N–H and O–H groups in total. The molecule has 1 aliphatic heterocycles. The molecule has 0 aliphatic carbocycles. The van der Waals surface area contributed by atoms with Gasteiger partial charge in [-0.1, -0.05) is 41.9 Å². The monoisotopic (exact) mass is 544 g/mol. The van der Waals surface area contributed by atoms with Gasteiger partial charge in [-0.15, -0.1) is 0 Å². The van der Waals surface area contributed by atoms with Crippen molar-refractivity contribution in [2.45, 2.75) is 23.8 Å². The van der Waals surface area contributed by atoms with E-state index in [1.165, 1.54) is 0 Å². The van der Waals surface area contributed by atoms with E-state index in [0.29, 0.717) is 41.1 Å². The molecule has 0 spiro atoms. The van der Waals surface area contributed by atoms with Crippen LogP contribution in [0.25, 0.3) is 22.6 Å². The number of hydrogen-bond donors (Lipinski definition) is 1. The van der Waals surface area contributed by atoms with E-state index in [1.54, 1.807) is 34.8 Å². The third kappa shape index (κ3) is 5.00. The molecule has 0 amide bonds. The fourth-order valence-electron chi connectivity index (χ4n) is 4.72. The number of imidazole rings is 1. The number of halogens is 1. The van der Waals surface area contributed by atoms with Crippen LogP contribution in [0.4, 0.5) is 0 Å². The van der Waals surface area contributed by atoms with Gasteiger partial charge in [0.2, 0.25) is 10.0 Å². The number of rotatable bonds is 7. The standard InChI is InChI=1S/C28H25ClN6O2S/c29-24-8-6-20(7-9-24)17-34-18-23(15-32-34)21-10-12-30-26(14-21)28-31-16-27(33-28)22-11-13-35(19-22)38(36,37)25-4-2-1-3-5-25/h1-10,12,14-16,18,22H,11,13,17,19H2,(H,31,33). The van der Waals surface area contributed by atoms with E-state index in [9.17, 15) is 8.42 Å². The molecule has 0 saturated carbocycles. The van der Waals surface area contributed by atoms with Crippen LogP contribution in [0.2, 0.25) is 5.02 Å². The molecule has 2 aromatic carbocycles. The number of pyridine rings is 1. The summed E-state index contributed by atoms with van der Waals surface area (Å²) in [5.74, 6) is 0.674. The molecule has 8 nitrogen and oxygen atoms in total. The van der Waals surface area contributed by atoms with Crippen LogP contribution < -0.4 is 0 Å². The van der Waals surface area contributed by atoms with Crippen LogP contribution in [0.15, 0.2) is 96.4 Å². The first-order valence-electron chi connectivity index (χ1n) is 12.3. The number of aromatic amines is 1. The molecule has 1 fully saturated rings. The zero-order chi connectivity index (χ0) is 26.1. The first kappa shape index (κ1) is 24.5. The Morgan fingerprint density at radius 2 is 1.84 bits per heavy atom. The summed E-state index contributed by atoms with van der Waals surface area (Å²) >= 11 is 5.99. The number of benzene rings is 2. The van der Waals surface area contributed by atoms with Gasteiger partial charge in [0.05, 0.1) is 23.3 Å². The highest BCUT2D eigenvalue weighted by atomic mass is 35.5. The zero-order valence-electron chi connectivity index (χ0n) is 20.4. The van der Waals surface area contributed by atoms with Crippen LogP contribution in [0, 0.1) is 0 Å². The minimum absolute atomic E-state index is 0.0211. The van der Waals surface area contributed by atoms with E-state index in [-0.39, 0.29) is 5.92 Å². The molecule has 10 heteroatoms. The van der Waals surface area contributed by atoms with Gasteiger partial charge in [0.1, 0.15) is 5.69 Å². The lowest BCUT2D eigenvalue weighted by molar-refractivity contribution is 0.472. The Labute approximate surface area is 226 Å². The number of H-pyrrole nitrogens is 1. The molecule has 5 aromatic rings. The predicted molar refractivity (Wildman–Crippen MR) is 146 cm³/mol. The molecule has 1 saturated heterocycles. The molecule has 1 unspecified atom stereocenters. The van der Waals surface area contributed by atoms with Crippen molar-refractivity contribution in [3.8, 4) is 22.6 Å². The van der Waals surface area contributed by atoms with Gasteiger partial charge >= 0.3 is 0 Å². The van der Waals surface area contributed by atoms with E-state index in [0.717, 1.165) is 28.8 Å². The summed E-state index contributed by atoms with van der Waals surface area (Å²) in [6.07, 6.45) is 8.17. The van der Waals surface area contributed by atoms with Gasteiger partial charge in [-0.05, 0) is 53.9 Å². The van der Waals surface area contributed by atoms with Crippen LogP contribution in [0.5, 0.6) is 0 Å². The van der Waals surface area contributed by atoms with Crippen LogP contribution in [0.1, 0.15) is 23.6 Å². The largest absolute Gasteiger partial charge is 0.343 e. The van der Waals surface area contributed by atoms with Gasteiger partial charge in [0, 0.05) is 48.2 Å². The Bertz CT molecular complexity index is 1670. The van der Waals surface area contributed by atoms with Crippen molar-refractivity contribution in [2.75, 3.05) is 13.1 Å². The first-order valence-corrected chi connectivity index (χ1v) is 14.1. The van der Waals surface area contributed by atoms with Crippen molar-refractivity contribution in [1.29, 1.82) is 0 Å². The normalized spacial score (nSPS) is 16.2. The first-order chi connectivity index (χ1) is 18.5. The lowest BCUT2D eigenvalue weighted by Crippen LogP contribution is -2.28. The Balaban J connectivity index is 1.16. The molecule has 4 heterocycles. The lowest BCUT2D eigenvalue weighted by Gasteiger charge is -2.16. The number of nitrogens with one attached hydrogen (secondary N) is 1. The average Bonchev–Trinajstić information content (AvgIpc) is 3.72. The second-order valence-electron chi connectivity index (χ2n) is 9.32. The molecule has 1 atom stereocenters. The maximum Gasteiger partial charge on any atom is 0.243 e. The second kappa shape index (κ2) is 10.2. The molecule has 1 aliphatic rings. The van der Waals surface area contributed by atoms with Crippen molar-refractivity contribution in [2.24, 2.45) is 0 Å². The molecule has 6 rings (SSSR count). The highest BCUT2D eigenvalue weighted by molar-refractivity contribution is 7.89. The SMILES string of the molecule is O=S(=O)(c1ccccc1)N1CCC(c2c[nH]c(-c3cc(-c4cnn(Cc5ccc(Cl)cc5)c4)ccn3)n2)C1. The van der Waals surface area contributed by atoms with Crippen molar-refractivity contribution in [1.82, 2.24) is 29.0 Å². The summed E-state index contributed by atoms with van der Waals surface area (Å²) in [4.78, 5) is 12.8. The molecule has 3 aromatic heterocycles. The van der Waals surface area contributed by atoms with E-state index in [4.69, 9.17) is 16.6 Å². The summed E-state index contributed by atoms with van der Waals surface area (Å²) in [5, 5.41) is 5.21. The Morgan fingerprint density at radius 1 is 1.03 bits per heavy atom. The van der Waals surface area contributed by atoms with Gasteiger partial charge in [0.15, 0.2) is 5.82 Å². The van der Waals surface area contributed by atoms with Crippen molar-refractivity contribution < 1.29 is 8.42 Å². The molecular formula is C28H25ClN6O2S. The number of aromatic nitrogens is 5. The molecule has 192 valence electrons. The summed E-state index contributed by atoms with van der Waals surface area (Å²) in [6, 6.07) is 20.2. The highest BCUT2D eigenvalue weighted by Crippen LogP contribution is 2.31. The maximum absolute atomic E-state index is 13.0. The second-order valence-corrected chi connectivity index (χ2v) is 11.7. The van der Waals surface area contributed by atoms with E-state index < -0.39 is 10.0 Å². The molecule has 0 bridgehead atoms. The fraction of sp³-hybridized carbons (Fsp3) is 0.179. The lowest BCUT2D eigenvalue weighted by atomic mass is 10.1. The van der Waals surface area contributed by atoms with E-state index in [1.807, 2.05) is 65.7 Å². The molecule has 38 heavy (non-hydrogen) atoms. The third-order valence-electron chi connectivity index (χ3n) is 6.77. The zero-order valence-corrected chi connectivity index (χ0v) is 22.0. The van der Waals surface area contributed by atoms with Crippen LogP contribution in [0.3, 0.4) is 0 Å². The number of hydrogen-bond acceptors (Lipinski definition) is 5. The Kier molecular flexibility index (Phi) is 6.57. The van der Waals surface area contributed by atoms with Crippen molar-refractivity contribution in [3.05, 3.63) is 108 Å². The van der Waals surface area contributed by atoms with Gasteiger partial charge in [-0.3, -0.25) is 9.67 Å². The summed E-state index contributed by atoms with van der Waals surface area (Å²) in [7, 11) is -3.51. The number of sulfonamides is 1. The van der Waals surface area contributed by atoms with Crippen LogP contribution in [-0.2, 0) is 16.6 Å². The van der Waals surface area contributed by atoms with Gasteiger partial charge < -0.3 is 4.98 Å². The van der Waals surface area contributed by atoms with Crippen molar-refractivity contribution >= 4 is 21.6 Å². The molecular weight excluding hydrogens is 520 g/mol. The Morgan fingerprint density at radius 3 is 2.66 bits per heavy atom. The number of nitrogens with zero attached hydrogens (tertiary/aromatic N) is 5.